The summed E-state index contributed by atoms with van der Waals surface area (Å²) in [6, 6.07) is 22.2. The summed E-state index contributed by atoms with van der Waals surface area (Å²) in [5, 5.41) is 0. The topological polar surface area (TPSA) is 0 Å². The van der Waals surface area contributed by atoms with Crippen molar-refractivity contribution in [1.82, 2.24) is 0 Å². The molecule has 0 saturated carbocycles. The Kier molecular flexibility index (Phi) is 3.41. The lowest BCUT2D eigenvalue weighted by Crippen LogP contribution is -2.21. The molecule has 0 bridgehead atoms. The standard InChI is InChI=1S/C28H22/c1-5-15-27(3)23-13-9-7-11-19(23)21-18-26-22(17-25(21)27)20-12-8-10-14-24(20)28(26,4)16-6-2/h1-2,7-14,17-18H,15-16H2,3-4H3. The molecule has 0 nitrogen and oxygen atoms in total. The predicted octanol–water partition coefficient (Wildman–Crippen LogP) is 6.31. The van der Waals surface area contributed by atoms with Gasteiger partial charge in [-0.3, -0.25) is 0 Å². The molecule has 5 rings (SSSR count). The van der Waals surface area contributed by atoms with Gasteiger partial charge in [0.05, 0.1) is 0 Å². The lowest BCUT2D eigenvalue weighted by atomic mass is 9.75. The Bertz CT molecular complexity index is 1120. The van der Waals surface area contributed by atoms with Crippen LogP contribution in [0.1, 0.15) is 48.9 Å². The summed E-state index contributed by atoms with van der Waals surface area (Å²) in [6.07, 6.45) is 13.0. The summed E-state index contributed by atoms with van der Waals surface area (Å²) < 4.78 is 0. The first kappa shape index (κ1) is 16.9. The average molecular weight is 358 g/mol. The van der Waals surface area contributed by atoms with E-state index in [2.05, 4.69) is 86.4 Å². The van der Waals surface area contributed by atoms with Crippen LogP contribution < -0.4 is 0 Å². The largest absolute Gasteiger partial charge is 0.120 e. The number of hydrogen-bond donors (Lipinski definition) is 0. The minimum Gasteiger partial charge on any atom is -0.120 e. The molecule has 2 aliphatic rings. The van der Waals surface area contributed by atoms with E-state index < -0.39 is 0 Å². The average Bonchev–Trinajstić information content (AvgIpc) is 3.10. The SMILES string of the molecule is C#CCC1(C)c2ccccc2-c2cc3c(cc21)-c1ccccc1C3(C)CC#C. The van der Waals surface area contributed by atoms with Gasteiger partial charge < -0.3 is 0 Å². The lowest BCUT2D eigenvalue weighted by molar-refractivity contribution is 0.600. The molecule has 0 N–H and O–H groups in total. The van der Waals surface area contributed by atoms with Gasteiger partial charge in [-0.2, -0.15) is 0 Å². The molecule has 0 radical (unpaired) electrons. The van der Waals surface area contributed by atoms with Crippen molar-refractivity contribution in [1.29, 1.82) is 0 Å². The van der Waals surface area contributed by atoms with E-state index in [9.17, 15) is 0 Å². The second-order valence-corrected chi connectivity index (χ2v) is 8.46. The number of hydrogen-bond acceptors (Lipinski definition) is 0. The van der Waals surface area contributed by atoms with Crippen LogP contribution in [0.2, 0.25) is 0 Å². The molecule has 0 heteroatoms. The molecule has 0 amide bonds. The third-order valence-corrected chi connectivity index (χ3v) is 6.88. The van der Waals surface area contributed by atoms with Crippen LogP contribution in [0.4, 0.5) is 0 Å². The first-order valence-corrected chi connectivity index (χ1v) is 9.80. The fraction of sp³-hybridized carbons (Fsp3) is 0.214. The predicted molar refractivity (Wildman–Crippen MR) is 117 cm³/mol. The number of rotatable bonds is 2. The van der Waals surface area contributed by atoms with Gasteiger partial charge in [0.15, 0.2) is 0 Å². The number of terminal acetylenes is 2. The maximum Gasteiger partial charge on any atom is 0.0296 e. The molecule has 0 saturated heterocycles. The minimum absolute atomic E-state index is 0.157. The summed E-state index contributed by atoms with van der Waals surface area (Å²) in [4.78, 5) is 0. The van der Waals surface area contributed by atoms with Crippen molar-refractivity contribution >= 4 is 0 Å². The summed E-state index contributed by atoms with van der Waals surface area (Å²) in [7, 11) is 0. The van der Waals surface area contributed by atoms with Gasteiger partial charge in [-0.1, -0.05) is 62.4 Å². The Hall–Kier alpha value is -3.22. The van der Waals surface area contributed by atoms with E-state index in [0.29, 0.717) is 12.8 Å². The van der Waals surface area contributed by atoms with Crippen LogP contribution in [0.25, 0.3) is 22.3 Å². The Morgan fingerprint density at radius 2 is 1.00 bits per heavy atom. The van der Waals surface area contributed by atoms with Crippen molar-refractivity contribution in [3.63, 3.8) is 0 Å². The van der Waals surface area contributed by atoms with Gasteiger partial charge in [-0.15, -0.1) is 24.7 Å². The fourth-order valence-corrected chi connectivity index (χ4v) is 5.44. The van der Waals surface area contributed by atoms with E-state index in [0.717, 1.165) is 0 Å². The van der Waals surface area contributed by atoms with E-state index in [1.165, 1.54) is 44.5 Å². The molecule has 2 atom stereocenters. The lowest BCUT2D eigenvalue weighted by Gasteiger charge is -2.27. The molecule has 0 aliphatic heterocycles. The molecule has 0 aromatic heterocycles. The third kappa shape index (κ3) is 1.93. The molecule has 2 unspecified atom stereocenters. The van der Waals surface area contributed by atoms with Crippen molar-refractivity contribution in [3.8, 4) is 46.9 Å². The second-order valence-electron chi connectivity index (χ2n) is 8.46. The van der Waals surface area contributed by atoms with Crippen molar-refractivity contribution in [2.45, 2.75) is 37.5 Å². The second kappa shape index (κ2) is 5.64. The van der Waals surface area contributed by atoms with Crippen molar-refractivity contribution in [2.75, 3.05) is 0 Å². The van der Waals surface area contributed by atoms with E-state index in [1.807, 2.05) is 0 Å². The highest BCUT2D eigenvalue weighted by Crippen LogP contribution is 2.57. The normalized spacial score (nSPS) is 23.1. The van der Waals surface area contributed by atoms with Gasteiger partial charge in [0.1, 0.15) is 0 Å². The summed E-state index contributed by atoms with van der Waals surface area (Å²) in [5.41, 5.74) is 10.2. The van der Waals surface area contributed by atoms with Gasteiger partial charge >= 0.3 is 0 Å². The maximum atomic E-state index is 5.81. The van der Waals surface area contributed by atoms with Crippen LogP contribution in [-0.4, -0.2) is 0 Å². The monoisotopic (exact) mass is 358 g/mol. The minimum atomic E-state index is -0.157. The molecular weight excluding hydrogens is 336 g/mol. The quantitative estimate of drug-likeness (QED) is 0.471. The zero-order valence-electron chi connectivity index (χ0n) is 16.3. The van der Waals surface area contributed by atoms with Gasteiger partial charge in [0.25, 0.3) is 0 Å². The van der Waals surface area contributed by atoms with Crippen LogP contribution in [0, 0.1) is 24.7 Å². The molecule has 28 heavy (non-hydrogen) atoms. The first-order chi connectivity index (χ1) is 13.5. The van der Waals surface area contributed by atoms with E-state index in [1.54, 1.807) is 0 Å². The Morgan fingerprint density at radius 3 is 1.39 bits per heavy atom. The fourth-order valence-electron chi connectivity index (χ4n) is 5.44. The molecular formula is C28H22. The summed E-state index contributed by atoms with van der Waals surface area (Å²) in [6.45, 7) is 4.57. The zero-order valence-corrected chi connectivity index (χ0v) is 16.3. The Labute approximate surface area is 167 Å². The number of fused-ring (bicyclic) bond motifs is 6. The van der Waals surface area contributed by atoms with E-state index >= 15 is 0 Å². The highest BCUT2D eigenvalue weighted by atomic mass is 14.5. The van der Waals surface area contributed by atoms with Crippen molar-refractivity contribution < 1.29 is 0 Å². The van der Waals surface area contributed by atoms with Crippen molar-refractivity contribution in [3.05, 3.63) is 82.9 Å². The molecule has 3 aromatic rings. The number of benzene rings is 3. The molecule has 0 heterocycles. The smallest absolute Gasteiger partial charge is 0.0296 e. The molecule has 3 aromatic carbocycles. The molecule has 134 valence electrons. The van der Waals surface area contributed by atoms with E-state index in [4.69, 9.17) is 12.8 Å². The Balaban J connectivity index is 1.86. The highest BCUT2D eigenvalue weighted by Gasteiger charge is 2.44. The van der Waals surface area contributed by atoms with Crippen LogP contribution in [0.15, 0.2) is 60.7 Å². The summed E-state index contributed by atoms with van der Waals surface area (Å²) >= 11 is 0. The van der Waals surface area contributed by atoms with Crippen LogP contribution in [0.3, 0.4) is 0 Å². The van der Waals surface area contributed by atoms with Gasteiger partial charge in [-0.05, 0) is 56.6 Å². The van der Waals surface area contributed by atoms with Gasteiger partial charge in [0.2, 0.25) is 0 Å². The van der Waals surface area contributed by atoms with Crippen LogP contribution in [-0.2, 0) is 10.8 Å². The van der Waals surface area contributed by atoms with Gasteiger partial charge in [-0.25, -0.2) is 0 Å². The molecule has 2 aliphatic carbocycles. The van der Waals surface area contributed by atoms with Crippen molar-refractivity contribution in [2.24, 2.45) is 0 Å². The zero-order chi connectivity index (χ0) is 19.5. The first-order valence-electron chi connectivity index (χ1n) is 9.80. The summed E-state index contributed by atoms with van der Waals surface area (Å²) in [5.74, 6) is 5.86. The third-order valence-electron chi connectivity index (χ3n) is 6.88. The van der Waals surface area contributed by atoms with Crippen LogP contribution in [0.5, 0.6) is 0 Å². The Morgan fingerprint density at radius 1 is 0.607 bits per heavy atom. The maximum absolute atomic E-state index is 5.81. The van der Waals surface area contributed by atoms with Gasteiger partial charge in [0, 0.05) is 23.7 Å². The molecule has 0 spiro atoms. The highest BCUT2D eigenvalue weighted by molar-refractivity contribution is 5.89. The van der Waals surface area contributed by atoms with Crippen LogP contribution >= 0.6 is 0 Å². The molecule has 0 fully saturated rings. The van der Waals surface area contributed by atoms with E-state index in [-0.39, 0.29) is 10.8 Å².